The summed E-state index contributed by atoms with van der Waals surface area (Å²) in [5.74, 6) is -0.835. The summed E-state index contributed by atoms with van der Waals surface area (Å²) in [7, 11) is 0. The zero-order chi connectivity index (χ0) is 19.8. The van der Waals surface area contributed by atoms with Gasteiger partial charge in [-0.15, -0.1) is 0 Å². The van der Waals surface area contributed by atoms with Crippen molar-refractivity contribution in [2.24, 2.45) is 0 Å². The molecule has 0 bridgehead atoms. The van der Waals surface area contributed by atoms with Crippen LogP contribution >= 0.6 is 11.3 Å². The van der Waals surface area contributed by atoms with Crippen LogP contribution in [0.25, 0.3) is 0 Å². The van der Waals surface area contributed by atoms with Crippen LogP contribution in [0.4, 0.5) is 14.3 Å². The van der Waals surface area contributed by atoms with Gasteiger partial charge in [0, 0.05) is 23.4 Å². The summed E-state index contributed by atoms with van der Waals surface area (Å²) in [6.07, 6.45) is 0.238. The van der Waals surface area contributed by atoms with Crippen LogP contribution in [0.5, 0.6) is 0 Å². The largest absolute Gasteiger partial charge is 0.444 e. The van der Waals surface area contributed by atoms with Crippen molar-refractivity contribution in [3.8, 4) is 0 Å². The highest BCUT2D eigenvalue weighted by Gasteiger charge is 2.28. The van der Waals surface area contributed by atoms with E-state index < -0.39 is 17.3 Å². The number of anilines is 1. The summed E-state index contributed by atoms with van der Waals surface area (Å²) in [6.45, 7) is 8.04. The average Bonchev–Trinajstić information content (AvgIpc) is 2.96. The van der Waals surface area contributed by atoms with Crippen molar-refractivity contribution >= 4 is 28.5 Å². The molecular formula is C19H22FN3O3S. The monoisotopic (exact) mass is 391 g/mol. The van der Waals surface area contributed by atoms with E-state index in [2.05, 4.69) is 10.3 Å². The van der Waals surface area contributed by atoms with Gasteiger partial charge in [0.25, 0.3) is 5.91 Å². The number of benzene rings is 1. The minimum Gasteiger partial charge on any atom is -0.444 e. The molecule has 0 fully saturated rings. The van der Waals surface area contributed by atoms with Crippen LogP contribution in [-0.4, -0.2) is 34.0 Å². The van der Waals surface area contributed by atoms with Crippen molar-refractivity contribution in [3.05, 3.63) is 45.7 Å². The number of hydrogen-bond acceptors (Lipinski definition) is 5. The summed E-state index contributed by atoms with van der Waals surface area (Å²) in [6, 6.07) is 4.35. The van der Waals surface area contributed by atoms with E-state index in [9.17, 15) is 14.0 Å². The number of hydrogen-bond donors (Lipinski definition) is 1. The van der Waals surface area contributed by atoms with Crippen molar-refractivity contribution < 1.29 is 18.7 Å². The molecule has 1 aliphatic heterocycles. The molecule has 1 aromatic heterocycles. The summed E-state index contributed by atoms with van der Waals surface area (Å²) >= 11 is 1.32. The molecule has 0 saturated heterocycles. The Hall–Kier alpha value is -2.48. The Morgan fingerprint density at radius 1 is 1.33 bits per heavy atom. The molecule has 2 amide bonds. The minimum atomic E-state index is -0.548. The molecule has 0 atom stereocenters. The third kappa shape index (κ3) is 4.63. The second-order valence-corrected chi connectivity index (χ2v) is 8.54. The van der Waals surface area contributed by atoms with Crippen LogP contribution < -0.4 is 5.32 Å². The van der Waals surface area contributed by atoms with E-state index in [1.54, 1.807) is 24.0 Å². The molecule has 6 nitrogen and oxygen atoms in total. The van der Waals surface area contributed by atoms with E-state index in [1.165, 1.54) is 17.4 Å². The van der Waals surface area contributed by atoms with Gasteiger partial charge < -0.3 is 9.64 Å². The molecule has 2 heterocycles. The molecule has 144 valence electrons. The average molecular weight is 391 g/mol. The summed E-state index contributed by atoms with van der Waals surface area (Å²) in [4.78, 5) is 31.5. The Balaban J connectivity index is 1.68. The van der Waals surface area contributed by atoms with Crippen molar-refractivity contribution in [2.75, 3.05) is 11.9 Å². The van der Waals surface area contributed by atoms with Crippen LogP contribution in [0.1, 0.15) is 47.3 Å². The zero-order valence-electron chi connectivity index (χ0n) is 15.8. The number of ether oxygens (including phenoxy) is 1. The minimum absolute atomic E-state index is 0.238. The van der Waals surface area contributed by atoms with E-state index in [-0.39, 0.29) is 11.7 Å². The van der Waals surface area contributed by atoms with Gasteiger partial charge in [-0.05, 0) is 45.4 Å². The molecule has 1 aliphatic rings. The third-order valence-corrected chi connectivity index (χ3v) is 5.04. The number of carbonyl (C=O) groups excluding carboxylic acids is 2. The van der Waals surface area contributed by atoms with Crippen LogP contribution in [0, 0.1) is 12.7 Å². The van der Waals surface area contributed by atoms with Gasteiger partial charge >= 0.3 is 6.09 Å². The van der Waals surface area contributed by atoms with Gasteiger partial charge in [0.05, 0.1) is 12.2 Å². The maximum atomic E-state index is 13.7. The third-order valence-electron chi connectivity index (χ3n) is 4.04. The highest BCUT2D eigenvalue weighted by molar-refractivity contribution is 7.15. The van der Waals surface area contributed by atoms with E-state index in [1.807, 2.05) is 20.8 Å². The lowest BCUT2D eigenvalue weighted by atomic mass is 10.1. The number of thiazole rings is 1. The highest BCUT2D eigenvalue weighted by atomic mass is 32.1. The molecule has 0 saturated carbocycles. The molecule has 3 rings (SSSR count). The first-order valence-corrected chi connectivity index (χ1v) is 9.48. The molecule has 1 N–H and O–H groups in total. The number of fused-ring (bicyclic) bond motifs is 1. The second kappa shape index (κ2) is 7.26. The van der Waals surface area contributed by atoms with Gasteiger partial charge in [-0.2, -0.15) is 0 Å². The van der Waals surface area contributed by atoms with E-state index >= 15 is 0 Å². The molecule has 8 heteroatoms. The lowest BCUT2D eigenvalue weighted by Gasteiger charge is -2.29. The number of rotatable bonds is 2. The van der Waals surface area contributed by atoms with Gasteiger partial charge in [0.15, 0.2) is 5.13 Å². The smallest absolute Gasteiger partial charge is 0.410 e. The standard InChI is InChI=1S/C19H22FN3O3S/c1-11-5-6-12(9-13(11)20)16(24)22-17-21-14-7-8-23(10-15(14)27-17)18(25)26-19(2,3)4/h5-6,9H,7-8,10H2,1-4H3,(H,21,22,24). The molecule has 0 spiro atoms. The van der Waals surface area contributed by atoms with Crippen LogP contribution in [0.3, 0.4) is 0 Å². The number of aryl methyl sites for hydroxylation is 1. The fraction of sp³-hybridized carbons (Fsp3) is 0.421. The first-order valence-electron chi connectivity index (χ1n) is 8.66. The van der Waals surface area contributed by atoms with Crippen molar-refractivity contribution in [1.82, 2.24) is 9.88 Å². The SMILES string of the molecule is Cc1ccc(C(=O)Nc2nc3c(s2)CN(C(=O)OC(C)(C)C)CC3)cc1F. The number of nitrogens with one attached hydrogen (secondary N) is 1. The number of aromatic nitrogens is 1. The van der Waals surface area contributed by atoms with Crippen molar-refractivity contribution in [2.45, 2.75) is 46.3 Å². The Kier molecular flexibility index (Phi) is 5.19. The number of amides is 2. The Bertz CT molecular complexity index is 889. The molecule has 0 unspecified atom stereocenters. The second-order valence-electron chi connectivity index (χ2n) is 7.46. The zero-order valence-corrected chi connectivity index (χ0v) is 16.6. The van der Waals surface area contributed by atoms with Crippen molar-refractivity contribution in [1.29, 1.82) is 0 Å². The van der Waals surface area contributed by atoms with E-state index in [0.29, 0.717) is 30.2 Å². The van der Waals surface area contributed by atoms with Gasteiger partial charge in [-0.25, -0.2) is 14.2 Å². The summed E-state index contributed by atoms with van der Waals surface area (Å²) in [5, 5.41) is 3.15. The number of nitrogens with zero attached hydrogens (tertiary/aromatic N) is 2. The van der Waals surface area contributed by atoms with E-state index in [0.717, 1.165) is 10.6 Å². The fourth-order valence-electron chi connectivity index (χ4n) is 2.63. The van der Waals surface area contributed by atoms with Gasteiger partial charge in [0.1, 0.15) is 11.4 Å². The van der Waals surface area contributed by atoms with Crippen LogP contribution in [-0.2, 0) is 17.7 Å². The highest BCUT2D eigenvalue weighted by Crippen LogP contribution is 2.29. The number of carbonyl (C=O) groups is 2. The molecule has 27 heavy (non-hydrogen) atoms. The maximum Gasteiger partial charge on any atom is 0.410 e. The van der Waals surface area contributed by atoms with E-state index in [4.69, 9.17) is 4.74 Å². The Morgan fingerprint density at radius 3 is 2.74 bits per heavy atom. The predicted molar refractivity (Wildman–Crippen MR) is 102 cm³/mol. The first-order chi connectivity index (χ1) is 12.6. The Labute approximate surface area is 161 Å². The predicted octanol–water partition coefficient (Wildman–Crippen LogP) is 4.14. The van der Waals surface area contributed by atoms with Gasteiger partial charge in [-0.3, -0.25) is 10.1 Å². The summed E-state index contributed by atoms with van der Waals surface area (Å²) in [5.41, 5.74) is 1.04. The molecular weight excluding hydrogens is 369 g/mol. The number of halogens is 1. The van der Waals surface area contributed by atoms with Crippen LogP contribution in [0.15, 0.2) is 18.2 Å². The lowest BCUT2D eigenvalue weighted by molar-refractivity contribution is 0.0225. The lowest BCUT2D eigenvalue weighted by Crippen LogP contribution is -2.39. The van der Waals surface area contributed by atoms with Gasteiger partial charge in [-0.1, -0.05) is 17.4 Å². The molecule has 1 aromatic carbocycles. The molecule has 0 radical (unpaired) electrons. The summed E-state index contributed by atoms with van der Waals surface area (Å²) < 4.78 is 19.1. The molecule has 0 aliphatic carbocycles. The first kappa shape index (κ1) is 19.3. The van der Waals surface area contributed by atoms with Crippen LogP contribution in [0.2, 0.25) is 0 Å². The maximum absolute atomic E-state index is 13.7. The molecule has 2 aromatic rings. The quantitative estimate of drug-likeness (QED) is 0.835. The fourth-order valence-corrected chi connectivity index (χ4v) is 3.65. The topological polar surface area (TPSA) is 71.5 Å². The van der Waals surface area contributed by atoms with Crippen molar-refractivity contribution in [3.63, 3.8) is 0 Å². The Morgan fingerprint density at radius 2 is 2.07 bits per heavy atom. The normalized spacial score (nSPS) is 13.9. The van der Waals surface area contributed by atoms with Gasteiger partial charge in [0.2, 0.25) is 0 Å².